The van der Waals surface area contributed by atoms with Gasteiger partial charge in [0.2, 0.25) is 0 Å². The van der Waals surface area contributed by atoms with Crippen LogP contribution in [-0.2, 0) is 21.7 Å². The number of halogens is 2. The summed E-state index contributed by atoms with van der Waals surface area (Å²) in [7, 11) is 0. The van der Waals surface area contributed by atoms with Crippen LogP contribution in [0.1, 0.15) is 73.4 Å². The van der Waals surface area contributed by atoms with Crippen LogP contribution < -0.4 is 0 Å². The van der Waals surface area contributed by atoms with Crippen LogP contribution in [0.2, 0.25) is 0 Å². The summed E-state index contributed by atoms with van der Waals surface area (Å²) in [6, 6.07) is 8.79. The van der Waals surface area contributed by atoms with Gasteiger partial charge in [0, 0.05) is 0 Å². The van der Waals surface area contributed by atoms with Crippen molar-refractivity contribution >= 4 is 30.4 Å². The molecule has 146 valence electrons. The number of benzene rings is 1. The molecule has 0 heterocycles. The minimum atomic E-state index is -0.250. The Hall–Kier alpha value is -0.176. The maximum absolute atomic E-state index is 6.94. The Balaban J connectivity index is -0.000000590. The summed E-state index contributed by atoms with van der Waals surface area (Å²) in [5.41, 5.74) is 15.5. The summed E-state index contributed by atoms with van der Waals surface area (Å²) in [6.45, 7) is 19.1. The predicted molar refractivity (Wildman–Crippen MR) is 119 cm³/mol. The normalized spacial score (nSPS) is 16.0. The van der Waals surface area contributed by atoms with Gasteiger partial charge in [0.15, 0.2) is 0 Å². The predicted octanol–water partition coefficient (Wildman–Crippen LogP) is 8.09. The van der Waals surface area contributed by atoms with Crippen molar-refractivity contribution in [2.45, 2.75) is 67.9 Å². The van der Waals surface area contributed by atoms with E-state index in [0.29, 0.717) is 5.92 Å². The molecule has 0 amide bonds. The molecule has 1 aliphatic rings. The fourth-order valence-corrected chi connectivity index (χ4v) is 2.95. The molecule has 0 saturated carbocycles. The molecule has 1 nitrogen and oxygen atoms in total. The number of nitrogens with one attached hydrogen (secondary N) is 1. The zero-order valence-electron chi connectivity index (χ0n) is 17.7. The molecule has 0 aliphatic heterocycles. The third-order valence-electron chi connectivity index (χ3n) is 4.40. The number of hydrogen-bond donors (Lipinski definition) is 0. The molecule has 1 aromatic carbocycles. The SMILES string of the molecule is CC(C)(C)[NH-].CC1=C(C)C(C)C(c2ccccc2[C-](C)C)=C1C.Cl.Cl.[Ti+2]. The van der Waals surface area contributed by atoms with E-state index in [2.05, 4.69) is 65.8 Å². The van der Waals surface area contributed by atoms with Crippen molar-refractivity contribution in [2.75, 3.05) is 0 Å². The Morgan fingerprint density at radius 1 is 0.923 bits per heavy atom. The molecule has 0 bridgehead atoms. The molecule has 0 fully saturated rings. The molecule has 0 spiro atoms. The van der Waals surface area contributed by atoms with Crippen molar-refractivity contribution in [1.29, 1.82) is 0 Å². The van der Waals surface area contributed by atoms with Gasteiger partial charge < -0.3 is 5.73 Å². The summed E-state index contributed by atoms with van der Waals surface area (Å²) < 4.78 is 0. The van der Waals surface area contributed by atoms with Crippen molar-refractivity contribution in [3.63, 3.8) is 0 Å². The van der Waals surface area contributed by atoms with E-state index in [1.165, 1.54) is 39.3 Å². The summed E-state index contributed by atoms with van der Waals surface area (Å²) in [6.07, 6.45) is 0. The van der Waals surface area contributed by atoms with Gasteiger partial charge in [0.25, 0.3) is 0 Å². The van der Waals surface area contributed by atoms with E-state index < -0.39 is 0 Å². The van der Waals surface area contributed by atoms with E-state index in [1.54, 1.807) is 0 Å². The van der Waals surface area contributed by atoms with Gasteiger partial charge in [-0.25, -0.2) is 0 Å². The summed E-state index contributed by atoms with van der Waals surface area (Å²) >= 11 is 0. The fourth-order valence-electron chi connectivity index (χ4n) is 2.95. The fraction of sp³-hybridized carbons (Fsp3) is 0.500. The molecule has 4 heteroatoms. The molecule has 0 saturated heterocycles. The molecule has 1 unspecified atom stereocenters. The standard InChI is InChI=1S/C18H23.C4H10N.2ClH.Ti/c1-11(2)16-9-7-8-10-17(16)18-14(5)12(3)13(4)15(18)6;1-4(2,3)5;;;/h7-10,14H,1-6H3;5H,1-3H3;2*1H;/q2*-1;;;+2. The zero-order valence-corrected chi connectivity index (χ0v) is 20.9. The molecular formula is C22H35Cl2NTi. The zero-order chi connectivity index (χ0) is 17.9. The van der Waals surface area contributed by atoms with Crippen molar-refractivity contribution in [1.82, 2.24) is 0 Å². The average Bonchev–Trinajstić information content (AvgIpc) is 2.61. The van der Waals surface area contributed by atoms with Crippen LogP contribution in [0.25, 0.3) is 11.3 Å². The van der Waals surface area contributed by atoms with Crippen LogP contribution >= 0.6 is 24.8 Å². The van der Waals surface area contributed by atoms with Gasteiger partial charge in [0.05, 0.1) is 0 Å². The van der Waals surface area contributed by atoms with Gasteiger partial charge in [-0.2, -0.15) is 17.5 Å². The second kappa shape index (κ2) is 12.3. The summed E-state index contributed by atoms with van der Waals surface area (Å²) in [5, 5.41) is 0. The molecular weight excluding hydrogens is 397 g/mol. The Bertz CT molecular complexity index is 619. The largest absolute Gasteiger partial charge is 2.00 e. The van der Waals surface area contributed by atoms with E-state index in [9.17, 15) is 0 Å². The maximum atomic E-state index is 6.94. The Labute approximate surface area is 189 Å². The van der Waals surface area contributed by atoms with Crippen LogP contribution in [0.4, 0.5) is 0 Å². The van der Waals surface area contributed by atoms with Crippen LogP contribution in [-0.4, -0.2) is 5.54 Å². The number of allylic oxidation sites excluding steroid dienone is 4. The van der Waals surface area contributed by atoms with E-state index in [-0.39, 0.29) is 52.1 Å². The molecule has 1 atom stereocenters. The molecule has 26 heavy (non-hydrogen) atoms. The van der Waals surface area contributed by atoms with Crippen molar-refractivity contribution in [3.8, 4) is 0 Å². The third kappa shape index (κ3) is 8.23. The Morgan fingerprint density at radius 2 is 1.35 bits per heavy atom. The van der Waals surface area contributed by atoms with Gasteiger partial charge in [-0.15, -0.1) is 48.0 Å². The first-order chi connectivity index (χ1) is 10.4. The molecule has 2 rings (SSSR count). The van der Waals surface area contributed by atoms with E-state index in [1.807, 2.05) is 20.8 Å². The molecule has 1 N–H and O–H groups in total. The third-order valence-corrected chi connectivity index (χ3v) is 4.40. The number of rotatable bonds is 2. The van der Waals surface area contributed by atoms with Crippen LogP contribution in [0.5, 0.6) is 0 Å². The van der Waals surface area contributed by atoms with Crippen molar-refractivity contribution < 1.29 is 21.7 Å². The quantitative estimate of drug-likeness (QED) is 0.333. The van der Waals surface area contributed by atoms with E-state index in [4.69, 9.17) is 5.73 Å². The monoisotopic (exact) mass is 431 g/mol. The van der Waals surface area contributed by atoms with Gasteiger partial charge in [-0.1, -0.05) is 64.3 Å². The van der Waals surface area contributed by atoms with Gasteiger partial charge in [0.1, 0.15) is 0 Å². The Morgan fingerprint density at radius 3 is 1.69 bits per heavy atom. The van der Waals surface area contributed by atoms with Crippen LogP contribution in [0.3, 0.4) is 0 Å². The second-order valence-electron chi connectivity index (χ2n) is 7.86. The molecule has 1 aromatic rings. The maximum Gasteiger partial charge on any atom is 2.00 e. The first kappa shape index (κ1) is 30.5. The van der Waals surface area contributed by atoms with Gasteiger partial charge in [-0.3, -0.25) is 0 Å². The van der Waals surface area contributed by atoms with Gasteiger partial charge >= 0.3 is 21.7 Å². The average molecular weight is 432 g/mol. The minimum absolute atomic E-state index is 0. The summed E-state index contributed by atoms with van der Waals surface area (Å²) in [5.74, 6) is 1.94. The summed E-state index contributed by atoms with van der Waals surface area (Å²) in [4.78, 5) is 0. The minimum Gasteiger partial charge on any atom is -0.673 e. The van der Waals surface area contributed by atoms with E-state index >= 15 is 0 Å². The van der Waals surface area contributed by atoms with Crippen LogP contribution in [0, 0.1) is 11.8 Å². The molecule has 0 radical (unpaired) electrons. The van der Waals surface area contributed by atoms with E-state index in [0.717, 1.165) is 0 Å². The number of hydrogen-bond acceptors (Lipinski definition) is 0. The Kier molecular flexibility index (Phi) is 14.5. The van der Waals surface area contributed by atoms with Crippen molar-refractivity contribution in [2.24, 2.45) is 5.92 Å². The molecule has 0 aromatic heterocycles. The topological polar surface area (TPSA) is 23.8 Å². The molecule has 1 aliphatic carbocycles. The second-order valence-corrected chi connectivity index (χ2v) is 7.86. The van der Waals surface area contributed by atoms with Crippen LogP contribution in [0.15, 0.2) is 41.0 Å². The van der Waals surface area contributed by atoms with Gasteiger partial charge in [-0.05, 0) is 32.3 Å². The smallest absolute Gasteiger partial charge is 0.673 e. The first-order valence-corrected chi connectivity index (χ1v) is 8.48. The van der Waals surface area contributed by atoms with Crippen molar-refractivity contribution in [3.05, 3.63) is 63.8 Å². The first-order valence-electron chi connectivity index (χ1n) is 8.48.